The maximum absolute atomic E-state index is 12.6. The molecule has 0 bridgehead atoms. The standard InChI is InChI=1S/C18H27N3O2.C14H16BrNO4.B9.B8/c1-4-21-15-12-17(23-3)16(20-9-7-19-8-10-20)11-14(15)6-5-13(2)18(21)22;1-3-16-11-7-12(20-2)10(15)6-8(11)4-5-9(13(16)17)14(18)19;1-6-9(7(2)3)8(4)5;1-6(2)8(5)7(3)4/h11-13,19H,4-10H2,1-3H3;6-7,9H,3-5H2,1-2H3,(H,18,19);;. The molecule has 60 heavy (non-hydrogen) atoms. The zero-order valence-corrected chi connectivity index (χ0v) is 37.1. The summed E-state index contributed by atoms with van der Waals surface area (Å²) in [4.78, 5) is 42.0. The van der Waals surface area contributed by atoms with Crippen molar-refractivity contribution in [1.82, 2.24) is 5.32 Å². The number of carbonyl (C=O) groups is 3. The molecular formula is C32H43B17BrN4O6. The van der Waals surface area contributed by atoms with Gasteiger partial charge in [-0.15, -0.1) is 0 Å². The van der Waals surface area contributed by atoms with Crippen LogP contribution in [0.4, 0.5) is 17.1 Å². The second-order valence-electron chi connectivity index (χ2n) is 14.7. The van der Waals surface area contributed by atoms with Gasteiger partial charge in [0, 0.05) is 180 Å². The average molecular weight is 843 g/mol. The van der Waals surface area contributed by atoms with Crippen molar-refractivity contribution < 1.29 is 29.0 Å². The van der Waals surface area contributed by atoms with E-state index in [2.05, 4.69) is 38.3 Å². The highest BCUT2D eigenvalue weighted by Crippen LogP contribution is 2.40. The highest BCUT2D eigenvalue weighted by molar-refractivity contribution is 9.10. The number of aliphatic carboxylic acids is 1. The second-order valence-corrected chi connectivity index (χ2v) is 15.6. The third-order valence-electron chi connectivity index (χ3n) is 10.5. The van der Waals surface area contributed by atoms with Crippen LogP contribution in [0.2, 0.25) is 0 Å². The fourth-order valence-electron chi connectivity index (χ4n) is 6.82. The summed E-state index contributed by atoms with van der Waals surface area (Å²) in [6.07, 6.45) is -0.514. The number of hydrogen-bond donors (Lipinski definition) is 2. The van der Waals surface area contributed by atoms with Crippen molar-refractivity contribution in [3.8, 4) is 11.5 Å². The van der Waals surface area contributed by atoms with Crippen LogP contribution in [0.5, 0.6) is 11.5 Å². The van der Waals surface area contributed by atoms with E-state index in [1.165, 1.54) is 17.5 Å². The number of benzene rings is 2. The molecule has 2 atom stereocenters. The van der Waals surface area contributed by atoms with Crippen molar-refractivity contribution in [3.05, 3.63) is 39.9 Å². The minimum absolute atomic E-state index is 0.0796. The SMILES string of the molecule is CCN1C(=O)C(C(=O)O)CCc2cc(Br)c(OC)cc21.CCN1C(=O)C(C)CCc2cc(N3CCNCC3)c(OC)cc21.[B]B([B])B([B])B([B])[B].[B][B]B(B([B])[B])B([B])[B]. The van der Waals surface area contributed by atoms with Gasteiger partial charge >= 0.3 is 5.97 Å². The van der Waals surface area contributed by atoms with Crippen molar-refractivity contribution >= 4 is 174 Å². The van der Waals surface area contributed by atoms with E-state index in [1.807, 2.05) is 31.7 Å². The minimum Gasteiger partial charge on any atom is -0.495 e. The number of hydrogen-bond acceptors (Lipinski definition) is 7. The van der Waals surface area contributed by atoms with Crippen LogP contribution in [0.1, 0.15) is 44.7 Å². The molecule has 0 spiro atoms. The van der Waals surface area contributed by atoms with E-state index in [1.54, 1.807) is 20.3 Å². The van der Waals surface area contributed by atoms with Crippen LogP contribution < -0.4 is 29.5 Å². The van der Waals surface area contributed by atoms with Gasteiger partial charge in [-0.1, -0.05) is 6.92 Å². The summed E-state index contributed by atoms with van der Waals surface area (Å²) in [7, 11) is 56.5. The topological polar surface area (TPSA) is 112 Å². The Morgan fingerprint density at radius 1 is 0.783 bits per heavy atom. The molecule has 2 N–H and O–H groups in total. The first-order valence-corrected chi connectivity index (χ1v) is 20.8. The largest absolute Gasteiger partial charge is 0.495 e. The molecule has 2 aromatic carbocycles. The molecule has 28 heteroatoms. The van der Waals surface area contributed by atoms with Gasteiger partial charge in [0.15, 0.2) is 0 Å². The van der Waals surface area contributed by atoms with Crippen molar-refractivity contribution in [2.24, 2.45) is 11.8 Å². The Balaban J connectivity index is 0.000000303. The zero-order valence-electron chi connectivity index (χ0n) is 35.6. The summed E-state index contributed by atoms with van der Waals surface area (Å²) >= 11 is 3.42. The number of carboxylic acids is 1. The van der Waals surface area contributed by atoms with Gasteiger partial charge in [0.25, 0.3) is 0 Å². The lowest BCUT2D eigenvalue weighted by atomic mass is 8.64. The molecule has 3 aliphatic heterocycles. The molecule has 2 amide bonds. The van der Waals surface area contributed by atoms with Crippen LogP contribution in [0.3, 0.4) is 0 Å². The van der Waals surface area contributed by atoms with Crippen molar-refractivity contribution in [3.63, 3.8) is 0 Å². The lowest BCUT2D eigenvalue weighted by Gasteiger charge is -2.32. The third kappa shape index (κ3) is 15.0. The number of piperazine rings is 1. The van der Waals surface area contributed by atoms with E-state index in [4.69, 9.17) is 86.8 Å². The third-order valence-corrected chi connectivity index (χ3v) is 11.1. The fraction of sp³-hybridized carbons (Fsp3) is 0.531. The molecule has 1 saturated heterocycles. The molecule has 3 heterocycles. The van der Waals surface area contributed by atoms with Crippen LogP contribution in [-0.4, -0.2) is 199 Å². The number of methoxy groups -OCH3 is 2. The Hall–Kier alpha value is -2.21. The smallest absolute Gasteiger partial charge is 0.316 e. The molecule has 3 aliphatic rings. The van der Waals surface area contributed by atoms with Gasteiger partial charge in [0.2, 0.25) is 11.8 Å². The Bertz CT molecular complexity index is 1690. The number of halogens is 1. The minimum atomic E-state index is -1.06. The average Bonchev–Trinajstić information content (AvgIpc) is 3.42. The molecule has 10 nitrogen and oxygen atoms in total. The molecule has 285 valence electrons. The predicted octanol–water partition coefficient (Wildman–Crippen LogP) is -1.98. The zero-order chi connectivity index (χ0) is 45.4. The summed E-state index contributed by atoms with van der Waals surface area (Å²) in [5.74, 6) is -0.600. The van der Waals surface area contributed by atoms with Crippen LogP contribution in [0, 0.1) is 11.8 Å². The summed E-state index contributed by atoms with van der Waals surface area (Å²) in [6.45, 7) is 11.0. The van der Waals surface area contributed by atoms with Crippen LogP contribution in [-0.2, 0) is 27.2 Å². The van der Waals surface area contributed by atoms with Crippen molar-refractivity contribution in [2.75, 3.05) is 68.2 Å². The first-order chi connectivity index (χ1) is 28.3. The Kier molecular flexibility index (Phi) is 23.8. The number of aryl methyl sites for hydroxylation is 2. The number of ether oxygens (including phenoxy) is 2. The van der Waals surface area contributed by atoms with Crippen LogP contribution in [0.25, 0.3) is 0 Å². The fourth-order valence-corrected chi connectivity index (χ4v) is 7.37. The Morgan fingerprint density at radius 3 is 1.68 bits per heavy atom. The van der Waals surface area contributed by atoms with Crippen molar-refractivity contribution in [2.45, 2.75) is 46.5 Å². The van der Waals surface area contributed by atoms with E-state index in [0.717, 1.165) is 71.9 Å². The first-order valence-electron chi connectivity index (χ1n) is 20.0. The number of anilines is 3. The number of amides is 2. The van der Waals surface area contributed by atoms with E-state index >= 15 is 0 Å². The van der Waals surface area contributed by atoms with Gasteiger partial charge < -0.3 is 34.6 Å². The van der Waals surface area contributed by atoms with Crippen molar-refractivity contribution in [1.29, 1.82) is 0 Å². The Labute approximate surface area is 383 Å². The molecule has 21 radical (unpaired) electrons. The molecule has 0 aromatic heterocycles. The van der Waals surface area contributed by atoms with Crippen LogP contribution >= 0.6 is 15.9 Å². The molecule has 2 aromatic rings. The summed E-state index contributed by atoms with van der Waals surface area (Å²) in [6, 6.07) is 7.99. The number of fused-ring (bicyclic) bond motifs is 2. The number of carbonyl (C=O) groups excluding carboxylic acids is 2. The molecule has 1 fully saturated rings. The highest BCUT2D eigenvalue weighted by atomic mass is 79.9. The van der Waals surface area contributed by atoms with E-state index < -0.39 is 43.8 Å². The Morgan fingerprint density at radius 2 is 1.27 bits per heavy atom. The molecule has 0 saturated carbocycles. The molecule has 0 aliphatic carbocycles. The number of nitrogens with one attached hydrogen (secondary N) is 1. The van der Waals surface area contributed by atoms with E-state index in [9.17, 15) is 19.5 Å². The lowest BCUT2D eigenvalue weighted by molar-refractivity contribution is -0.146. The summed E-state index contributed by atoms with van der Waals surface area (Å²) in [5.41, 5.74) is 5.14. The number of rotatable bonds is 11. The quantitative estimate of drug-likeness (QED) is 0.198. The molecular weight excluding hydrogens is 800 g/mol. The maximum atomic E-state index is 12.6. The number of nitrogens with zero attached hydrogens (tertiary/aromatic N) is 3. The highest BCUT2D eigenvalue weighted by Gasteiger charge is 2.35. The van der Waals surface area contributed by atoms with E-state index in [-0.39, 0.29) is 24.1 Å². The number of carboxylic acid groups (broad SMARTS) is 1. The van der Waals surface area contributed by atoms with E-state index in [0.29, 0.717) is 31.7 Å². The normalized spacial score (nSPS) is 16.8. The molecule has 5 rings (SSSR count). The second kappa shape index (κ2) is 26.4. The first kappa shape index (κ1) is 53.9. The lowest BCUT2D eigenvalue weighted by Crippen LogP contribution is -2.55. The van der Waals surface area contributed by atoms with Gasteiger partial charge in [-0.25, -0.2) is 0 Å². The van der Waals surface area contributed by atoms with Gasteiger partial charge in [0.1, 0.15) is 17.4 Å². The summed E-state index contributed by atoms with van der Waals surface area (Å²) < 4.78 is 11.7. The van der Waals surface area contributed by atoms with Gasteiger partial charge in [-0.3, -0.25) is 14.4 Å². The summed E-state index contributed by atoms with van der Waals surface area (Å²) in [5, 5.41) is 12.6. The van der Waals surface area contributed by atoms with Gasteiger partial charge in [-0.2, -0.15) is 0 Å². The van der Waals surface area contributed by atoms with Crippen LogP contribution in [0.15, 0.2) is 28.7 Å². The monoisotopic (exact) mass is 845 g/mol. The predicted molar refractivity (Wildman–Crippen MR) is 270 cm³/mol. The van der Waals surface area contributed by atoms with Gasteiger partial charge in [-0.05, 0) is 78.7 Å². The van der Waals surface area contributed by atoms with Gasteiger partial charge in [0.05, 0.1) is 35.8 Å². The maximum Gasteiger partial charge on any atom is 0.316 e. The molecule has 2 unspecified atom stereocenters.